The predicted molar refractivity (Wildman–Crippen MR) is 78.2 cm³/mol. The van der Waals surface area contributed by atoms with E-state index in [1.165, 1.54) is 12.0 Å². The zero-order valence-corrected chi connectivity index (χ0v) is 12.2. The fourth-order valence-electron chi connectivity index (χ4n) is 1.88. The van der Waals surface area contributed by atoms with Gasteiger partial charge in [0.2, 0.25) is 0 Å². The van der Waals surface area contributed by atoms with E-state index in [9.17, 15) is 0 Å². The van der Waals surface area contributed by atoms with Crippen LogP contribution in [0.2, 0.25) is 5.02 Å². The molecule has 3 heteroatoms. The van der Waals surface area contributed by atoms with Crippen LogP contribution >= 0.6 is 11.6 Å². The summed E-state index contributed by atoms with van der Waals surface area (Å²) >= 11 is 5.91. The minimum atomic E-state index is 0.355. The summed E-state index contributed by atoms with van der Waals surface area (Å²) in [6.45, 7) is 6.94. The van der Waals surface area contributed by atoms with Crippen LogP contribution in [0.4, 0.5) is 0 Å². The molecule has 0 saturated heterocycles. The number of hydrogen-bond acceptors (Lipinski definition) is 2. The second-order valence-corrected chi connectivity index (χ2v) is 4.85. The summed E-state index contributed by atoms with van der Waals surface area (Å²) < 4.78 is 5.63. The number of nitrogens with one attached hydrogen (secondary N) is 1. The van der Waals surface area contributed by atoms with Crippen molar-refractivity contribution in [2.75, 3.05) is 19.8 Å². The average molecular weight is 270 g/mol. The molecule has 1 aromatic rings. The Kier molecular flexibility index (Phi) is 8.06. The Morgan fingerprint density at radius 3 is 2.50 bits per heavy atom. The zero-order valence-electron chi connectivity index (χ0n) is 11.4. The maximum Gasteiger partial charge on any atom is 0.0484 e. The van der Waals surface area contributed by atoms with E-state index in [1.807, 2.05) is 12.1 Å². The van der Waals surface area contributed by atoms with Crippen molar-refractivity contribution in [2.24, 2.45) is 0 Å². The van der Waals surface area contributed by atoms with E-state index < -0.39 is 0 Å². The molecule has 0 aliphatic rings. The van der Waals surface area contributed by atoms with Crippen molar-refractivity contribution in [3.8, 4) is 0 Å². The third-order valence-electron chi connectivity index (χ3n) is 2.92. The van der Waals surface area contributed by atoms with Crippen LogP contribution in [0, 0.1) is 0 Å². The van der Waals surface area contributed by atoms with Gasteiger partial charge in [-0.05, 0) is 37.1 Å². The van der Waals surface area contributed by atoms with Crippen molar-refractivity contribution in [1.82, 2.24) is 5.32 Å². The third kappa shape index (κ3) is 5.85. The highest BCUT2D eigenvalue weighted by Crippen LogP contribution is 2.19. The second-order valence-electron chi connectivity index (χ2n) is 4.42. The predicted octanol–water partition coefficient (Wildman–Crippen LogP) is 4.20. The first-order valence-corrected chi connectivity index (χ1v) is 7.22. The Morgan fingerprint density at radius 2 is 1.89 bits per heavy atom. The minimum absolute atomic E-state index is 0.355. The number of hydrogen-bond donors (Lipinski definition) is 1. The standard InChI is InChI=1S/C15H24ClNO/c1-3-5-11-18-12-10-15(17-4-2)13-6-8-14(16)9-7-13/h6-9,15,17H,3-5,10-12H2,1-2H3. The molecule has 102 valence electrons. The Hall–Kier alpha value is -0.570. The first-order valence-electron chi connectivity index (χ1n) is 6.84. The number of halogens is 1. The molecule has 0 amide bonds. The van der Waals surface area contributed by atoms with Crippen molar-refractivity contribution >= 4 is 11.6 Å². The largest absolute Gasteiger partial charge is 0.381 e. The van der Waals surface area contributed by atoms with Crippen molar-refractivity contribution in [3.05, 3.63) is 34.9 Å². The Morgan fingerprint density at radius 1 is 1.17 bits per heavy atom. The minimum Gasteiger partial charge on any atom is -0.381 e. The van der Waals surface area contributed by atoms with Crippen LogP contribution in [-0.2, 0) is 4.74 Å². The fraction of sp³-hybridized carbons (Fsp3) is 0.600. The van der Waals surface area contributed by atoms with E-state index in [1.54, 1.807) is 0 Å². The Labute approximate surface area is 116 Å². The maximum absolute atomic E-state index is 5.91. The molecule has 1 aromatic carbocycles. The quantitative estimate of drug-likeness (QED) is 0.679. The highest BCUT2D eigenvalue weighted by Gasteiger charge is 2.09. The van der Waals surface area contributed by atoms with Crippen LogP contribution < -0.4 is 5.32 Å². The normalized spacial score (nSPS) is 12.6. The van der Waals surface area contributed by atoms with Crippen LogP contribution in [0.1, 0.15) is 44.7 Å². The molecule has 1 atom stereocenters. The van der Waals surface area contributed by atoms with E-state index >= 15 is 0 Å². The summed E-state index contributed by atoms with van der Waals surface area (Å²) in [6.07, 6.45) is 3.33. The van der Waals surface area contributed by atoms with Gasteiger partial charge in [0.05, 0.1) is 0 Å². The van der Waals surface area contributed by atoms with E-state index in [0.29, 0.717) is 6.04 Å². The molecule has 1 unspecified atom stereocenters. The second kappa shape index (κ2) is 9.37. The first kappa shape index (κ1) is 15.5. The monoisotopic (exact) mass is 269 g/mol. The van der Waals surface area contributed by atoms with Crippen molar-refractivity contribution in [3.63, 3.8) is 0 Å². The fourth-order valence-corrected chi connectivity index (χ4v) is 2.00. The molecule has 18 heavy (non-hydrogen) atoms. The van der Waals surface area contributed by atoms with Gasteiger partial charge in [-0.15, -0.1) is 0 Å². The van der Waals surface area contributed by atoms with Gasteiger partial charge in [0.15, 0.2) is 0 Å². The summed E-state index contributed by atoms with van der Waals surface area (Å²) in [6, 6.07) is 8.41. The maximum atomic E-state index is 5.91. The molecule has 0 heterocycles. The zero-order chi connectivity index (χ0) is 13.2. The summed E-state index contributed by atoms with van der Waals surface area (Å²) in [4.78, 5) is 0. The Balaban J connectivity index is 2.41. The molecular weight excluding hydrogens is 246 g/mol. The van der Waals surface area contributed by atoms with E-state index in [4.69, 9.17) is 16.3 Å². The average Bonchev–Trinajstić information content (AvgIpc) is 2.38. The molecule has 1 rings (SSSR count). The van der Waals surface area contributed by atoms with E-state index in [0.717, 1.165) is 37.6 Å². The van der Waals surface area contributed by atoms with E-state index in [-0.39, 0.29) is 0 Å². The molecule has 0 bridgehead atoms. The summed E-state index contributed by atoms with van der Waals surface area (Å²) in [5.41, 5.74) is 1.28. The lowest BCUT2D eigenvalue weighted by molar-refractivity contribution is 0.121. The van der Waals surface area contributed by atoms with Crippen LogP contribution in [0.3, 0.4) is 0 Å². The molecule has 0 radical (unpaired) electrons. The van der Waals surface area contributed by atoms with Crippen LogP contribution in [0.15, 0.2) is 24.3 Å². The lowest BCUT2D eigenvalue weighted by Gasteiger charge is -2.18. The molecule has 0 aromatic heterocycles. The number of ether oxygens (including phenoxy) is 1. The summed E-state index contributed by atoms with van der Waals surface area (Å²) in [5, 5.41) is 4.27. The van der Waals surface area contributed by atoms with Crippen LogP contribution in [0.25, 0.3) is 0 Å². The number of unbranched alkanes of at least 4 members (excludes halogenated alkanes) is 1. The SMILES string of the molecule is CCCCOCCC(NCC)c1ccc(Cl)cc1. The van der Waals surface area contributed by atoms with Crippen LogP contribution in [0.5, 0.6) is 0 Å². The lowest BCUT2D eigenvalue weighted by Crippen LogP contribution is -2.22. The molecule has 0 aliphatic heterocycles. The van der Waals surface area contributed by atoms with Gasteiger partial charge in [-0.1, -0.05) is 44.0 Å². The van der Waals surface area contributed by atoms with E-state index in [2.05, 4.69) is 31.3 Å². The number of rotatable bonds is 9. The van der Waals surface area contributed by atoms with Gasteiger partial charge < -0.3 is 10.1 Å². The molecule has 1 N–H and O–H groups in total. The van der Waals surface area contributed by atoms with Gasteiger partial charge in [0, 0.05) is 24.3 Å². The lowest BCUT2D eigenvalue weighted by atomic mass is 10.0. The van der Waals surface area contributed by atoms with Gasteiger partial charge in [-0.25, -0.2) is 0 Å². The summed E-state index contributed by atoms with van der Waals surface area (Å²) in [7, 11) is 0. The highest BCUT2D eigenvalue weighted by molar-refractivity contribution is 6.30. The van der Waals surface area contributed by atoms with Gasteiger partial charge in [-0.2, -0.15) is 0 Å². The first-order chi connectivity index (χ1) is 8.77. The topological polar surface area (TPSA) is 21.3 Å². The molecular formula is C15H24ClNO. The molecule has 0 fully saturated rings. The highest BCUT2D eigenvalue weighted by atomic mass is 35.5. The van der Waals surface area contributed by atoms with Gasteiger partial charge in [0.1, 0.15) is 0 Å². The summed E-state index contributed by atoms with van der Waals surface area (Å²) in [5.74, 6) is 0. The van der Waals surface area contributed by atoms with Crippen molar-refractivity contribution in [1.29, 1.82) is 0 Å². The Bertz CT molecular complexity index is 313. The van der Waals surface area contributed by atoms with Gasteiger partial charge in [-0.3, -0.25) is 0 Å². The van der Waals surface area contributed by atoms with Crippen LogP contribution in [-0.4, -0.2) is 19.8 Å². The molecule has 0 saturated carbocycles. The molecule has 0 aliphatic carbocycles. The van der Waals surface area contributed by atoms with Gasteiger partial charge >= 0.3 is 0 Å². The number of benzene rings is 1. The molecule has 0 spiro atoms. The van der Waals surface area contributed by atoms with Crippen molar-refractivity contribution in [2.45, 2.75) is 39.2 Å². The third-order valence-corrected chi connectivity index (χ3v) is 3.17. The van der Waals surface area contributed by atoms with Gasteiger partial charge in [0.25, 0.3) is 0 Å². The molecule has 2 nitrogen and oxygen atoms in total. The van der Waals surface area contributed by atoms with Crippen molar-refractivity contribution < 1.29 is 4.74 Å². The smallest absolute Gasteiger partial charge is 0.0484 e.